The Morgan fingerprint density at radius 2 is 2.04 bits per heavy atom. The molecular formula is C18H24N4O2S. The summed E-state index contributed by atoms with van der Waals surface area (Å²) < 4.78 is 14.0. The van der Waals surface area contributed by atoms with Crippen LogP contribution in [0.15, 0.2) is 29.4 Å². The Labute approximate surface area is 149 Å². The van der Waals surface area contributed by atoms with Crippen LogP contribution in [0.25, 0.3) is 5.52 Å². The van der Waals surface area contributed by atoms with Crippen LogP contribution in [0.2, 0.25) is 0 Å². The summed E-state index contributed by atoms with van der Waals surface area (Å²) in [6.07, 6.45) is 6.58. The molecule has 2 aromatic heterocycles. The molecule has 0 aromatic carbocycles. The fourth-order valence-corrected chi connectivity index (χ4v) is 5.36. The number of aromatic nitrogens is 2. The van der Waals surface area contributed by atoms with E-state index in [1.807, 2.05) is 28.9 Å². The predicted octanol–water partition coefficient (Wildman–Crippen LogP) is 1.36. The largest absolute Gasteiger partial charge is 0.369 e. The van der Waals surface area contributed by atoms with Gasteiger partial charge in [0.25, 0.3) is 0 Å². The first-order valence-electron chi connectivity index (χ1n) is 8.65. The first-order chi connectivity index (χ1) is 11.8. The van der Waals surface area contributed by atoms with Gasteiger partial charge >= 0.3 is 0 Å². The number of pyridine rings is 1. The van der Waals surface area contributed by atoms with Crippen LogP contribution in [0.4, 0.5) is 0 Å². The minimum atomic E-state index is -1.06. The number of piperidine rings is 2. The number of amides is 1. The number of carbonyl (C=O) groups excluding carboxylic acids is 1. The molecule has 25 heavy (non-hydrogen) atoms. The molecule has 3 aliphatic rings. The molecule has 1 amide bonds. The van der Waals surface area contributed by atoms with Gasteiger partial charge in [-0.3, -0.25) is 13.9 Å². The molecular weight excluding hydrogens is 336 g/mol. The maximum Gasteiger partial charge on any atom is 0.221 e. The SMILES string of the molecule is CS(=O)c1cccn2c(C(C)(C)N3CC4CC(C3)C4C(N)=O)ncc12. The highest BCUT2D eigenvalue weighted by molar-refractivity contribution is 7.84. The van der Waals surface area contributed by atoms with E-state index in [9.17, 15) is 9.00 Å². The first-order valence-corrected chi connectivity index (χ1v) is 10.2. The van der Waals surface area contributed by atoms with Crippen LogP contribution < -0.4 is 5.73 Å². The van der Waals surface area contributed by atoms with E-state index in [0.717, 1.165) is 35.7 Å². The van der Waals surface area contributed by atoms with Gasteiger partial charge < -0.3 is 10.1 Å². The molecule has 3 unspecified atom stereocenters. The van der Waals surface area contributed by atoms with Crippen LogP contribution in [-0.2, 0) is 21.1 Å². The number of hydrogen-bond donors (Lipinski definition) is 1. The van der Waals surface area contributed by atoms with E-state index in [4.69, 9.17) is 5.73 Å². The molecule has 1 aliphatic carbocycles. The van der Waals surface area contributed by atoms with Crippen molar-refractivity contribution in [2.75, 3.05) is 19.3 Å². The van der Waals surface area contributed by atoms with Crippen molar-refractivity contribution in [3.05, 3.63) is 30.4 Å². The number of carbonyl (C=O) groups is 1. The van der Waals surface area contributed by atoms with Crippen molar-refractivity contribution in [1.82, 2.24) is 14.3 Å². The van der Waals surface area contributed by atoms with Crippen LogP contribution in [-0.4, -0.2) is 43.7 Å². The number of primary amides is 1. The number of fused-ring (bicyclic) bond motifs is 3. The van der Waals surface area contributed by atoms with Gasteiger partial charge in [0.2, 0.25) is 5.91 Å². The molecule has 3 atom stereocenters. The van der Waals surface area contributed by atoms with E-state index >= 15 is 0 Å². The van der Waals surface area contributed by atoms with Gasteiger partial charge in [-0.05, 0) is 44.2 Å². The number of rotatable bonds is 4. The second-order valence-electron chi connectivity index (χ2n) is 7.81. The van der Waals surface area contributed by atoms with E-state index < -0.39 is 10.8 Å². The first kappa shape index (κ1) is 16.7. The molecule has 4 heterocycles. The third-order valence-electron chi connectivity index (χ3n) is 6.04. The summed E-state index contributed by atoms with van der Waals surface area (Å²) in [7, 11) is -1.06. The lowest BCUT2D eigenvalue weighted by Gasteiger charge is -2.56. The van der Waals surface area contributed by atoms with Gasteiger partial charge in [-0.2, -0.15) is 0 Å². The van der Waals surface area contributed by atoms with Crippen molar-refractivity contribution in [2.24, 2.45) is 23.5 Å². The van der Waals surface area contributed by atoms with Gasteiger partial charge in [0.1, 0.15) is 5.82 Å². The molecule has 7 heteroatoms. The predicted molar refractivity (Wildman–Crippen MR) is 96.4 cm³/mol. The number of nitrogens with zero attached hydrogens (tertiary/aromatic N) is 3. The highest BCUT2D eigenvalue weighted by atomic mass is 32.2. The molecule has 2 aromatic rings. The summed E-state index contributed by atoms with van der Waals surface area (Å²) in [5.41, 5.74) is 6.17. The number of imidazole rings is 1. The molecule has 2 bridgehead atoms. The van der Waals surface area contributed by atoms with E-state index in [1.54, 1.807) is 6.26 Å². The summed E-state index contributed by atoms with van der Waals surface area (Å²) >= 11 is 0. The van der Waals surface area contributed by atoms with E-state index in [1.165, 1.54) is 0 Å². The van der Waals surface area contributed by atoms with Crippen LogP contribution in [0.3, 0.4) is 0 Å². The molecule has 3 fully saturated rings. The topological polar surface area (TPSA) is 80.7 Å². The fraction of sp³-hybridized carbons (Fsp3) is 0.556. The Bertz CT molecular complexity index is 863. The minimum absolute atomic E-state index is 0.0400. The highest BCUT2D eigenvalue weighted by Crippen LogP contribution is 2.48. The lowest BCUT2D eigenvalue weighted by molar-refractivity contribution is -0.143. The van der Waals surface area contributed by atoms with E-state index in [-0.39, 0.29) is 17.4 Å². The summed E-state index contributed by atoms with van der Waals surface area (Å²) in [5, 5.41) is 0. The summed E-state index contributed by atoms with van der Waals surface area (Å²) in [6.45, 7) is 6.07. The average molecular weight is 360 g/mol. The molecule has 2 N–H and O–H groups in total. The Hall–Kier alpha value is -1.73. The van der Waals surface area contributed by atoms with Gasteiger partial charge in [-0.15, -0.1) is 0 Å². The fourth-order valence-electron chi connectivity index (χ4n) is 4.64. The molecule has 1 saturated carbocycles. The number of hydrogen-bond acceptors (Lipinski definition) is 4. The van der Waals surface area contributed by atoms with Gasteiger partial charge in [0.05, 0.1) is 32.9 Å². The lowest BCUT2D eigenvalue weighted by atomic mass is 9.60. The van der Waals surface area contributed by atoms with Crippen molar-refractivity contribution in [1.29, 1.82) is 0 Å². The normalized spacial score (nSPS) is 27.9. The monoisotopic (exact) mass is 360 g/mol. The molecule has 2 saturated heterocycles. The molecule has 6 nitrogen and oxygen atoms in total. The van der Waals surface area contributed by atoms with Gasteiger partial charge in [0, 0.05) is 31.5 Å². The quantitative estimate of drug-likeness (QED) is 0.893. The molecule has 5 rings (SSSR count). The van der Waals surface area contributed by atoms with Gasteiger partial charge in [-0.25, -0.2) is 4.98 Å². The van der Waals surface area contributed by atoms with Crippen molar-refractivity contribution < 1.29 is 9.00 Å². The summed E-state index contributed by atoms with van der Waals surface area (Å²) in [6, 6.07) is 3.80. The summed E-state index contributed by atoms with van der Waals surface area (Å²) in [5.74, 6) is 1.55. The summed E-state index contributed by atoms with van der Waals surface area (Å²) in [4.78, 5) is 19.5. The van der Waals surface area contributed by atoms with Crippen LogP contribution in [0.5, 0.6) is 0 Å². The third-order valence-corrected chi connectivity index (χ3v) is 7.00. The van der Waals surface area contributed by atoms with Crippen molar-refractivity contribution in [3.8, 4) is 0 Å². The lowest BCUT2D eigenvalue weighted by Crippen LogP contribution is -2.62. The smallest absolute Gasteiger partial charge is 0.221 e. The van der Waals surface area contributed by atoms with Crippen molar-refractivity contribution in [3.63, 3.8) is 0 Å². The van der Waals surface area contributed by atoms with E-state index in [2.05, 4.69) is 23.7 Å². The Balaban J connectivity index is 1.68. The van der Waals surface area contributed by atoms with Gasteiger partial charge in [-0.1, -0.05) is 0 Å². The maximum absolute atomic E-state index is 12.0. The Morgan fingerprint density at radius 1 is 1.36 bits per heavy atom. The zero-order chi connectivity index (χ0) is 17.9. The number of nitrogens with two attached hydrogens (primary N) is 1. The zero-order valence-electron chi connectivity index (χ0n) is 14.8. The second kappa shape index (κ2) is 5.64. The van der Waals surface area contributed by atoms with Crippen LogP contribution in [0, 0.1) is 17.8 Å². The zero-order valence-corrected chi connectivity index (χ0v) is 15.6. The third kappa shape index (κ3) is 2.44. The standard InChI is InChI=1S/C18H24N4O2S/c1-18(2,21-9-11-7-12(10-21)15(11)16(19)23)17-20-8-13-14(25(3)24)5-4-6-22(13)17/h4-6,8,11-12,15H,7,9-10H2,1-3H3,(H2,19,23). The molecule has 2 aliphatic heterocycles. The highest BCUT2D eigenvalue weighted by Gasteiger charge is 2.52. The second-order valence-corrected chi connectivity index (χ2v) is 9.16. The van der Waals surface area contributed by atoms with Crippen molar-refractivity contribution in [2.45, 2.75) is 30.7 Å². The molecule has 0 radical (unpaired) electrons. The maximum atomic E-state index is 12.0. The Morgan fingerprint density at radius 3 is 2.64 bits per heavy atom. The average Bonchev–Trinajstić information content (AvgIpc) is 2.98. The van der Waals surface area contributed by atoms with Crippen molar-refractivity contribution >= 4 is 22.2 Å². The van der Waals surface area contributed by atoms with Gasteiger partial charge in [0.15, 0.2) is 0 Å². The van der Waals surface area contributed by atoms with Crippen LogP contribution >= 0.6 is 0 Å². The minimum Gasteiger partial charge on any atom is -0.369 e. The van der Waals surface area contributed by atoms with E-state index in [0.29, 0.717) is 11.8 Å². The Kier molecular flexibility index (Phi) is 3.77. The van der Waals surface area contributed by atoms with Crippen LogP contribution in [0.1, 0.15) is 26.1 Å². The molecule has 0 spiro atoms. The molecule has 134 valence electrons.